The van der Waals surface area contributed by atoms with Crippen molar-refractivity contribution in [3.8, 4) is 11.4 Å². The highest BCUT2D eigenvalue weighted by Gasteiger charge is 2.28. The Hall–Kier alpha value is -3.65. The van der Waals surface area contributed by atoms with Gasteiger partial charge in [-0.25, -0.2) is 19.3 Å². The van der Waals surface area contributed by atoms with Gasteiger partial charge in [-0.2, -0.15) is 0 Å². The van der Waals surface area contributed by atoms with Gasteiger partial charge in [0.1, 0.15) is 5.65 Å². The highest BCUT2D eigenvalue weighted by molar-refractivity contribution is 5.99. The molecule has 0 spiro atoms. The summed E-state index contributed by atoms with van der Waals surface area (Å²) in [7, 11) is 0. The molecule has 1 aliphatic rings. The van der Waals surface area contributed by atoms with Gasteiger partial charge in [-0.3, -0.25) is 9.69 Å². The molecular weight excluding hydrogens is 431 g/mol. The van der Waals surface area contributed by atoms with Gasteiger partial charge in [-0.1, -0.05) is 30.3 Å². The van der Waals surface area contributed by atoms with Crippen LogP contribution in [0.5, 0.6) is 0 Å². The first kappa shape index (κ1) is 22.2. The molecule has 7 nitrogen and oxygen atoms in total. The molecule has 4 aromatic rings. The van der Waals surface area contributed by atoms with Crippen molar-refractivity contribution in [3.63, 3.8) is 0 Å². The average Bonchev–Trinajstić information content (AvgIpc) is 3.32. The number of pyridine rings is 1. The first-order valence-corrected chi connectivity index (χ1v) is 11.6. The van der Waals surface area contributed by atoms with Crippen molar-refractivity contribution in [2.75, 3.05) is 25.0 Å². The third kappa shape index (κ3) is 4.54. The van der Waals surface area contributed by atoms with Crippen LogP contribution in [-0.2, 0) is 0 Å². The fraction of sp³-hybridized carbons (Fsp3) is 0.308. The fourth-order valence-corrected chi connectivity index (χ4v) is 4.63. The monoisotopic (exact) mass is 458 g/mol. The molecular formula is C26H27FN6O. The van der Waals surface area contributed by atoms with Gasteiger partial charge in [0, 0.05) is 42.0 Å². The minimum Gasteiger partial charge on any atom is -0.367 e. The first-order chi connectivity index (χ1) is 16.6. The highest BCUT2D eigenvalue weighted by atomic mass is 19.1. The van der Waals surface area contributed by atoms with Crippen LogP contribution in [0.2, 0.25) is 0 Å². The molecule has 2 N–H and O–H groups in total. The van der Waals surface area contributed by atoms with E-state index in [9.17, 15) is 9.18 Å². The topological polar surface area (TPSA) is 86.8 Å². The summed E-state index contributed by atoms with van der Waals surface area (Å²) >= 11 is 0. The largest absolute Gasteiger partial charge is 0.367 e. The summed E-state index contributed by atoms with van der Waals surface area (Å²) in [5, 5.41) is 4.08. The number of hydrogen-bond donors (Lipinski definition) is 2. The number of rotatable bonds is 7. The number of halogens is 1. The molecule has 3 aromatic heterocycles. The molecule has 1 saturated heterocycles. The fourth-order valence-electron chi connectivity index (χ4n) is 4.63. The number of aromatic amines is 1. The number of likely N-dealkylation sites (tertiary alicyclic amines) is 1. The van der Waals surface area contributed by atoms with E-state index in [0.29, 0.717) is 12.4 Å². The van der Waals surface area contributed by atoms with Gasteiger partial charge < -0.3 is 10.3 Å². The van der Waals surface area contributed by atoms with Crippen molar-refractivity contribution in [1.29, 1.82) is 0 Å². The summed E-state index contributed by atoms with van der Waals surface area (Å²) in [6, 6.07) is 13.0. The van der Waals surface area contributed by atoms with Crippen LogP contribution >= 0.6 is 0 Å². The van der Waals surface area contributed by atoms with Gasteiger partial charge in [0.2, 0.25) is 0 Å². The Morgan fingerprint density at radius 2 is 2.09 bits per heavy atom. The van der Waals surface area contributed by atoms with Crippen molar-refractivity contribution in [2.24, 2.45) is 5.92 Å². The maximum Gasteiger partial charge on any atom is 0.183 e. The average molecular weight is 459 g/mol. The number of H-pyrrole nitrogens is 1. The second-order valence-corrected chi connectivity index (χ2v) is 8.78. The zero-order valence-electron chi connectivity index (χ0n) is 19.0. The first-order valence-electron chi connectivity index (χ1n) is 11.6. The quantitative estimate of drug-likeness (QED) is 0.395. The third-order valence-electron chi connectivity index (χ3n) is 6.53. The van der Waals surface area contributed by atoms with Crippen molar-refractivity contribution in [3.05, 3.63) is 72.4 Å². The number of fused-ring (bicyclic) bond motifs is 1. The van der Waals surface area contributed by atoms with Gasteiger partial charge in [-0.05, 0) is 44.4 Å². The number of anilines is 1. The summed E-state index contributed by atoms with van der Waals surface area (Å²) in [5.41, 5.74) is 2.25. The number of nitrogens with zero attached hydrogens (tertiary/aromatic N) is 4. The number of Topliss-reactive ketones (excluding diaryl/α,β-unsaturated/α-hetero) is 1. The van der Waals surface area contributed by atoms with Crippen molar-refractivity contribution < 1.29 is 9.18 Å². The molecule has 5 rings (SSSR count). The number of ketones is 1. The second-order valence-electron chi connectivity index (χ2n) is 8.78. The van der Waals surface area contributed by atoms with Crippen LogP contribution in [0, 0.1) is 11.7 Å². The zero-order valence-corrected chi connectivity index (χ0v) is 19.0. The number of hydrogen-bond acceptors (Lipinski definition) is 6. The van der Waals surface area contributed by atoms with E-state index in [1.54, 1.807) is 12.4 Å². The van der Waals surface area contributed by atoms with Crippen molar-refractivity contribution >= 4 is 22.6 Å². The predicted molar refractivity (Wildman–Crippen MR) is 130 cm³/mol. The highest BCUT2D eigenvalue weighted by Crippen LogP contribution is 2.27. The minimum atomic E-state index is -0.484. The van der Waals surface area contributed by atoms with Crippen molar-refractivity contribution in [1.82, 2.24) is 24.8 Å². The molecule has 2 atom stereocenters. The van der Waals surface area contributed by atoms with Gasteiger partial charge >= 0.3 is 0 Å². The van der Waals surface area contributed by atoms with Crippen LogP contribution in [-0.4, -0.2) is 56.3 Å². The SMILES string of the molecule is CC(C(=O)c1ccccc1)N1CCCC(CNc2nc(-c3c[nH]c4ncccc34)ncc2F)C1. The summed E-state index contributed by atoms with van der Waals surface area (Å²) in [6.07, 6.45) is 6.72. The molecule has 0 aliphatic carbocycles. The number of aromatic nitrogens is 4. The van der Waals surface area contributed by atoms with Crippen LogP contribution in [0.1, 0.15) is 30.1 Å². The Labute approximate surface area is 197 Å². The summed E-state index contributed by atoms with van der Waals surface area (Å²) in [4.78, 5) is 31.2. The normalized spacial score (nSPS) is 17.5. The molecule has 0 amide bonds. The Morgan fingerprint density at radius 1 is 1.24 bits per heavy atom. The maximum atomic E-state index is 14.5. The number of carbonyl (C=O) groups is 1. The summed E-state index contributed by atoms with van der Waals surface area (Å²) in [6.45, 7) is 4.21. The Kier molecular flexibility index (Phi) is 6.31. The van der Waals surface area contributed by atoms with Crippen LogP contribution in [0.4, 0.5) is 10.2 Å². The van der Waals surface area contributed by atoms with Crippen LogP contribution in [0.15, 0.2) is 61.1 Å². The maximum absolute atomic E-state index is 14.5. The van der Waals surface area contributed by atoms with E-state index < -0.39 is 5.82 Å². The van der Waals surface area contributed by atoms with Crippen LogP contribution < -0.4 is 5.32 Å². The number of benzene rings is 1. The van der Waals surface area contributed by atoms with Gasteiger partial charge in [-0.15, -0.1) is 0 Å². The summed E-state index contributed by atoms with van der Waals surface area (Å²) < 4.78 is 14.5. The summed E-state index contributed by atoms with van der Waals surface area (Å²) in [5.74, 6) is 0.565. The predicted octanol–water partition coefficient (Wildman–Crippen LogP) is 4.55. The molecule has 0 radical (unpaired) electrons. The number of nitrogens with one attached hydrogen (secondary N) is 2. The molecule has 4 heterocycles. The van der Waals surface area contributed by atoms with E-state index in [-0.39, 0.29) is 23.6 Å². The number of carbonyl (C=O) groups excluding carboxylic acids is 1. The lowest BCUT2D eigenvalue weighted by atomic mass is 9.95. The Bertz CT molecular complexity index is 1290. The lowest BCUT2D eigenvalue weighted by molar-refractivity contribution is 0.0761. The second kappa shape index (κ2) is 9.69. The zero-order chi connectivity index (χ0) is 23.5. The van der Waals surface area contributed by atoms with E-state index in [4.69, 9.17) is 0 Å². The molecule has 2 unspecified atom stereocenters. The smallest absolute Gasteiger partial charge is 0.183 e. The van der Waals surface area contributed by atoms with Gasteiger partial charge in [0.05, 0.1) is 12.2 Å². The third-order valence-corrected chi connectivity index (χ3v) is 6.53. The van der Waals surface area contributed by atoms with E-state index in [1.165, 1.54) is 6.20 Å². The molecule has 174 valence electrons. The Balaban J connectivity index is 1.26. The van der Waals surface area contributed by atoms with Gasteiger partial charge in [0.25, 0.3) is 0 Å². The van der Waals surface area contributed by atoms with Crippen LogP contribution in [0.25, 0.3) is 22.4 Å². The standard InChI is InChI=1S/C26H27FN6O/c1-17(23(34)19-8-3-2-4-9-19)33-12-6-7-18(16-33)13-29-26-22(27)15-31-25(32-26)21-14-30-24-20(21)10-5-11-28-24/h2-5,8-11,14-15,17-18H,6-7,12-13,16H2,1H3,(H,28,30)(H,29,31,32). The molecule has 8 heteroatoms. The van der Waals surface area contributed by atoms with Crippen LogP contribution in [0.3, 0.4) is 0 Å². The van der Waals surface area contributed by atoms with Gasteiger partial charge in [0.15, 0.2) is 23.2 Å². The lowest BCUT2D eigenvalue weighted by Crippen LogP contribution is -2.46. The van der Waals surface area contributed by atoms with E-state index >= 15 is 0 Å². The molecule has 0 bridgehead atoms. The van der Waals surface area contributed by atoms with E-state index in [0.717, 1.165) is 48.1 Å². The van der Waals surface area contributed by atoms with E-state index in [1.807, 2.05) is 49.4 Å². The van der Waals surface area contributed by atoms with E-state index in [2.05, 4.69) is 30.2 Å². The minimum absolute atomic E-state index is 0.133. The Morgan fingerprint density at radius 3 is 2.94 bits per heavy atom. The molecule has 1 aliphatic heterocycles. The molecule has 34 heavy (non-hydrogen) atoms. The van der Waals surface area contributed by atoms with Crippen molar-refractivity contribution in [2.45, 2.75) is 25.8 Å². The lowest BCUT2D eigenvalue weighted by Gasteiger charge is -2.36. The molecule has 1 fully saturated rings. The number of piperidine rings is 1. The molecule has 0 saturated carbocycles. The molecule has 1 aromatic carbocycles.